The summed E-state index contributed by atoms with van der Waals surface area (Å²) >= 11 is 6.22. The summed E-state index contributed by atoms with van der Waals surface area (Å²) in [5.41, 5.74) is 1.70. The molecule has 0 bridgehead atoms. The normalized spacial score (nSPS) is 20.3. The number of hydrogen-bond donors (Lipinski definition) is 0. The number of para-hydroxylation sites is 2. The highest BCUT2D eigenvalue weighted by Gasteiger charge is 2.28. The highest BCUT2D eigenvalue weighted by molar-refractivity contribution is 6.33. The fourth-order valence-electron chi connectivity index (χ4n) is 4.17. The number of carbonyl (C=O) groups excluding carboxylic acids is 1. The molecule has 1 amide bonds. The van der Waals surface area contributed by atoms with E-state index < -0.39 is 0 Å². The molecule has 0 aliphatic carbocycles. The molecule has 6 nitrogen and oxygen atoms in total. The van der Waals surface area contributed by atoms with Gasteiger partial charge in [0.2, 0.25) is 0 Å². The molecule has 30 heavy (non-hydrogen) atoms. The van der Waals surface area contributed by atoms with Gasteiger partial charge in [0.05, 0.1) is 36.1 Å². The highest BCUT2D eigenvalue weighted by atomic mass is 35.5. The summed E-state index contributed by atoms with van der Waals surface area (Å²) < 4.78 is 11.5. The molecule has 2 saturated heterocycles. The van der Waals surface area contributed by atoms with Crippen LogP contribution in [-0.4, -0.2) is 81.3 Å². The van der Waals surface area contributed by atoms with Gasteiger partial charge in [0, 0.05) is 45.8 Å². The molecule has 2 heterocycles. The van der Waals surface area contributed by atoms with Crippen molar-refractivity contribution in [2.75, 3.05) is 64.4 Å². The van der Waals surface area contributed by atoms with Crippen LogP contribution >= 0.6 is 11.6 Å². The van der Waals surface area contributed by atoms with Crippen molar-refractivity contribution in [1.82, 2.24) is 9.80 Å². The molecular weight excluding hydrogens is 402 g/mol. The number of halogens is 1. The van der Waals surface area contributed by atoms with Crippen LogP contribution in [0.2, 0.25) is 5.02 Å². The van der Waals surface area contributed by atoms with Crippen LogP contribution in [0.3, 0.4) is 0 Å². The number of morpholine rings is 1. The summed E-state index contributed by atoms with van der Waals surface area (Å²) in [6, 6.07) is 15.4. The van der Waals surface area contributed by atoms with Crippen molar-refractivity contribution >= 4 is 23.2 Å². The third kappa shape index (κ3) is 4.72. The predicted octanol–water partition coefficient (Wildman–Crippen LogP) is 3.01. The van der Waals surface area contributed by atoms with E-state index in [9.17, 15) is 4.79 Å². The van der Waals surface area contributed by atoms with Gasteiger partial charge in [-0.1, -0.05) is 35.9 Å². The van der Waals surface area contributed by atoms with Crippen molar-refractivity contribution in [3.8, 4) is 5.75 Å². The van der Waals surface area contributed by atoms with Gasteiger partial charge in [0.1, 0.15) is 5.75 Å². The van der Waals surface area contributed by atoms with Gasteiger partial charge in [0.15, 0.2) is 0 Å². The second-order valence-corrected chi connectivity index (χ2v) is 8.09. The van der Waals surface area contributed by atoms with E-state index in [1.165, 1.54) is 0 Å². The standard InChI is InChI=1S/C23H28ClN3O3/c1-29-22-9-5-4-8-21(22)26-12-10-25(11-13-26)16-18-17-27(14-15-30-18)23(28)19-6-2-3-7-20(19)24/h2-9,18H,10-17H2,1H3/t18-/m0/s1. The zero-order valence-electron chi connectivity index (χ0n) is 17.3. The van der Waals surface area contributed by atoms with Gasteiger partial charge in [-0.05, 0) is 24.3 Å². The lowest BCUT2D eigenvalue weighted by Gasteiger charge is -2.40. The Kier molecular flexibility index (Phi) is 6.77. The predicted molar refractivity (Wildman–Crippen MR) is 119 cm³/mol. The number of rotatable bonds is 5. The molecule has 2 aliphatic rings. The summed E-state index contributed by atoms with van der Waals surface area (Å²) in [7, 11) is 1.71. The Hall–Kier alpha value is -2.28. The Morgan fingerprint density at radius 3 is 2.57 bits per heavy atom. The molecule has 2 aromatic carbocycles. The molecule has 1 atom stereocenters. The third-order valence-electron chi connectivity index (χ3n) is 5.79. The molecule has 2 aliphatic heterocycles. The van der Waals surface area contributed by atoms with Crippen LogP contribution in [0.1, 0.15) is 10.4 Å². The lowest BCUT2D eigenvalue weighted by molar-refractivity contribution is -0.0363. The van der Waals surface area contributed by atoms with Gasteiger partial charge in [-0.2, -0.15) is 0 Å². The molecule has 0 unspecified atom stereocenters. The number of benzene rings is 2. The van der Waals surface area contributed by atoms with Crippen LogP contribution in [0.4, 0.5) is 5.69 Å². The van der Waals surface area contributed by atoms with Crippen molar-refractivity contribution in [2.24, 2.45) is 0 Å². The van der Waals surface area contributed by atoms with Gasteiger partial charge in [0.25, 0.3) is 5.91 Å². The summed E-state index contributed by atoms with van der Waals surface area (Å²) in [5, 5.41) is 0.498. The van der Waals surface area contributed by atoms with E-state index in [1.807, 2.05) is 35.2 Å². The van der Waals surface area contributed by atoms with E-state index in [1.54, 1.807) is 19.2 Å². The van der Waals surface area contributed by atoms with Gasteiger partial charge in [-0.25, -0.2) is 0 Å². The lowest BCUT2D eigenvalue weighted by Crippen LogP contribution is -2.53. The Balaban J connectivity index is 1.31. The van der Waals surface area contributed by atoms with Crippen LogP contribution in [0.5, 0.6) is 5.75 Å². The Morgan fingerprint density at radius 1 is 1.07 bits per heavy atom. The second kappa shape index (κ2) is 9.69. The average molecular weight is 430 g/mol. The number of anilines is 1. The number of carbonyl (C=O) groups is 1. The van der Waals surface area contributed by atoms with Gasteiger partial charge in [-0.3, -0.25) is 9.69 Å². The van der Waals surface area contributed by atoms with Crippen molar-refractivity contribution in [2.45, 2.75) is 6.10 Å². The molecule has 2 aromatic rings. The van der Waals surface area contributed by atoms with E-state index in [0.717, 1.165) is 44.2 Å². The number of ether oxygens (including phenoxy) is 2. The van der Waals surface area contributed by atoms with Crippen molar-refractivity contribution in [1.29, 1.82) is 0 Å². The molecule has 0 spiro atoms. The minimum Gasteiger partial charge on any atom is -0.495 e. The van der Waals surface area contributed by atoms with Crippen LogP contribution < -0.4 is 9.64 Å². The number of amides is 1. The number of methoxy groups -OCH3 is 1. The summed E-state index contributed by atoms with van der Waals surface area (Å²) in [5.74, 6) is 0.894. The molecule has 4 rings (SSSR count). The van der Waals surface area contributed by atoms with Crippen molar-refractivity contribution in [3.63, 3.8) is 0 Å². The first kappa shape index (κ1) is 21.0. The highest BCUT2D eigenvalue weighted by Crippen LogP contribution is 2.28. The molecule has 0 aromatic heterocycles. The molecule has 7 heteroatoms. The molecular formula is C23H28ClN3O3. The second-order valence-electron chi connectivity index (χ2n) is 7.68. The largest absolute Gasteiger partial charge is 0.495 e. The number of hydrogen-bond acceptors (Lipinski definition) is 5. The molecule has 0 radical (unpaired) electrons. The molecule has 0 N–H and O–H groups in total. The van der Waals surface area contributed by atoms with Crippen molar-refractivity contribution in [3.05, 3.63) is 59.1 Å². The van der Waals surface area contributed by atoms with Gasteiger partial charge < -0.3 is 19.3 Å². The average Bonchev–Trinajstić information content (AvgIpc) is 2.80. The zero-order chi connectivity index (χ0) is 20.9. The summed E-state index contributed by atoms with van der Waals surface area (Å²) in [4.78, 5) is 19.5. The van der Waals surface area contributed by atoms with E-state index in [0.29, 0.717) is 30.3 Å². The molecule has 160 valence electrons. The lowest BCUT2D eigenvalue weighted by atomic mass is 10.1. The Labute approximate surface area is 182 Å². The number of nitrogens with zero attached hydrogens (tertiary/aromatic N) is 3. The smallest absolute Gasteiger partial charge is 0.255 e. The van der Waals surface area contributed by atoms with E-state index in [4.69, 9.17) is 21.1 Å². The van der Waals surface area contributed by atoms with E-state index in [2.05, 4.69) is 15.9 Å². The van der Waals surface area contributed by atoms with Crippen LogP contribution in [0.25, 0.3) is 0 Å². The first-order valence-corrected chi connectivity index (χ1v) is 10.8. The zero-order valence-corrected chi connectivity index (χ0v) is 18.1. The molecule has 2 fully saturated rings. The van der Waals surface area contributed by atoms with Crippen LogP contribution in [0.15, 0.2) is 48.5 Å². The maximum atomic E-state index is 12.9. The Morgan fingerprint density at radius 2 is 1.80 bits per heavy atom. The van der Waals surface area contributed by atoms with Crippen LogP contribution in [0, 0.1) is 0 Å². The van der Waals surface area contributed by atoms with Gasteiger partial charge >= 0.3 is 0 Å². The minimum atomic E-state index is -0.0186. The summed E-state index contributed by atoms with van der Waals surface area (Å²) in [6.45, 7) is 6.37. The van der Waals surface area contributed by atoms with Crippen LogP contribution in [-0.2, 0) is 4.74 Å². The first-order chi connectivity index (χ1) is 14.7. The maximum Gasteiger partial charge on any atom is 0.255 e. The maximum absolute atomic E-state index is 12.9. The van der Waals surface area contributed by atoms with Crippen molar-refractivity contribution < 1.29 is 14.3 Å². The fraction of sp³-hybridized carbons (Fsp3) is 0.435. The Bertz CT molecular complexity index is 870. The fourth-order valence-corrected chi connectivity index (χ4v) is 4.39. The SMILES string of the molecule is COc1ccccc1N1CCN(C[C@H]2CN(C(=O)c3ccccc3Cl)CCO2)CC1. The third-order valence-corrected chi connectivity index (χ3v) is 6.12. The monoisotopic (exact) mass is 429 g/mol. The number of piperazine rings is 1. The topological polar surface area (TPSA) is 45.2 Å². The van der Waals surface area contributed by atoms with Gasteiger partial charge in [-0.15, -0.1) is 0 Å². The minimum absolute atomic E-state index is 0.0167. The summed E-state index contributed by atoms with van der Waals surface area (Å²) in [6.07, 6.45) is 0.0167. The molecule has 0 saturated carbocycles. The van der Waals surface area contributed by atoms with E-state index >= 15 is 0 Å². The first-order valence-electron chi connectivity index (χ1n) is 10.4. The quantitative estimate of drug-likeness (QED) is 0.731. The van der Waals surface area contributed by atoms with E-state index in [-0.39, 0.29) is 12.0 Å².